The van der Waals surface area contributed by atoms with Crippen LogP contribution in [0.3, 0.4) is 0 Å². The summed E-state index contributed by atoms with van der Waals surface area (Å²) in [5, 5.41) is 6.24. The van der Waals surface area contributed by atoms with Crippen molar-refractivity contribution < 1.29 is 19.1 Å². The minimum absolute atomic E-state index is 0.0753. The fourth-order valence-corrected chi connectivity index (χ4v) is 5.93. The van der Waals surface area contributed by atoms with E-state index >= 15 is 0 Å². The van der Waals surface area contributed by atoms with E-state index in [1.165, 1.54) is 6.42 Å². The second-order valence-corrected chi connectivity index (χ2v) is 10.8. The molecule has 3 heterocycles. The maximum absolute atomic E-state index is 13.6. The average Bonchev–Trinajstić information content (AvgIpc) is 3.26. The van der Waals surface area contributed by atoms with Crippen molar-refractivity contribution in [3.63, 3.8) is 0 Å². The minimum Gasteiger partial charge on any atom is -0.359 e. The molecule has 2 N–H and O–H groups in total. The number of ether oxygens (including phenoxy) is 1. The summed E-state index contributed by atoms with van der Waals surface area (Å²) in [5.41, 5.74) is -1.45. The molecule has 1 spiro atoms. The van der Waals surface area contributed by atoms with Crippen molar-refractivity contribution in [3.8, 4) is 0 Å². The lowest BCUT2D eigenvalue weighted by atomic mass is 9.74. The van der Waals surface area contributed by atoms with Crippen molar-refractivity contribution in [2.75, 3.05) is 0 Å². The topological polar surface area (TPSA) is 87.7 Å². The quantitative estimate of drug-likeness (QED) is 0.684. The van der Waals surface area contributed by atoms with Gasteiger partial charge in [-0.05, 0) is 46.5 Å². The number of carbonyl (C=O) groups excluding carboxylic acids is 3. The molecule has 3 aliphatic heterocycles. The summed E-state index contributed by atoms with van der Waals surface area (Å²) in [7, 11) is 0. The summed E-state index contributed by atoms with van der Waals surface area (Å²) in [4.78, 5) is 42.0. The van der Waals surface area contributed by atoms with E-state index in [-0.39, 0.29) is 29.8 Å². The third-order valence-corrected chi connectivity index (χ3v) is 7.25. The molecule has 2 bridgehead atoms. The molecular weight excluding hydrogens is 382 g/mol. The van der Waals surface area contributed by atoms with Gasteiger partial charge in [-0.25, -0.2) is 0 Å². The van der Waals surface area contributed by atoms with E-state index in [0.717, 1.165) is 38.5 Å². The van der Waals surface area contributed by atoms with Crippen LogP contribution >= 0.6 is 0 Å². The molecule has 2 saturated carbocycles. The van der Waals surface area contributed by atoms with Gasteiger partial charge in [0.2, 0.25) is 17.7 Å². The Bertz CT molecular complexity index is 793. The zero-order valence-corrected chi connectivity index (χ0v) is 18.1. The highest BCUT2D eigenvalue weighted by Crippen LogP contribution is 2.57. The largest absolute Gasteiger partial charge is 0.359 e. The molecule has 0 aromatic rings. The number of carbonyl (C=O) groups is 3. The lowest BCUT2D eigenvalue weighted by molar-refractivity contribution is -0.143. The maximum Gasteiger partial charge on any atom is 0.246 e. The van der Waals surface area contributed by atoms with Crippen LogP contribution in [-0.2, 0) is 19.1 Å². The fourth-order valence-electron chi connectivity index (χ4n) is 5.93. The Labute approximate surface area is 178 Å². The Morgan fingerprint density at radius 3 is 2.43 bits per heavy atom. The molecule has 5 aliphatic rings. The van der Waals surface area contributed by atoms with Crippen LogP contribution in [-0.4, -0.2) is 58.0 Å². The van der Waals surface area contributed by atoms with Crippen LogP contribution in [0, 0.1) is 11.8 Å². The van der Waals surface area contributed by atoms with Crippen molar-refractivity contribution in [3.05, 3.63) is 12.2 Å². The number of fused-ring (bicyclic) bond motifs is 1. The molecule has 0 radical (unpaired) electrons. The number of nitrogens with zero attached hydrogens (tertiary/aromatic N) is 1. The lowest BCUT2D eigenvalue weighted by Gasteiger charge is -2.34. The number of amides is 3. The van der Waals surface area contributed by atoms with Crippen LogP contribution in [0.25, 0.3) is 0 Å². The Morgan fingerprint density at radius 2 is 1.80 bits per heavy atom. The van der Waals surface area contributed by atoms with Gasteiger partial charge in [-0.15, -0.1) is 0 Å². The highest BCUT2D eigenvalue weighted by molar-refractivity contribution is 6.00. The van der Waals surface area contributed by atoms with Crippen molar-refractivity contribution in [1.29, 1.82) is 0 Å². The zero-order chi connectivity index (χ0) is 21.3. The first-order chi connectivity index (χ1) is 14.2. The van der Waals surface area contributed by atoms with Gasteiger partial charge in [0.05, 0.1) is 17.9 Å². The van der Waals surface area contributed by atoms with Crippen LogP contribution in [0.15, 0.2) is 12.2 Å². The molecular formula is C23H33N3O4. The Hall–Kier alpha value is -1.89. The van der Waals surface area contributed by atoms with Gasteiger partial charge in [-0.3, -0.25) is 14.4 Å². The van der Waals surface area contributed by atoms with Gasteiger partial charge in [-0.2, -0.15) is 0 Å². The Kier molecular flexibility index (Phi) is 4.55. The number of hydrogen-bond donors (Lipinski definition) is 2. The van der Waals surface area contributed by atoms with E-state index in [9.17, 15) is 14.4 Å². The monoisotopic (exact) mass is 415 g/mol. The third-order valence-electron chi connectivity index (χ3n) is 7.25. The summed E-state index contributed by atoms with van der Waals surface area (Å²) < 4.78 is 6.34. The summed E-state index contributed by atoms with van der Waals surface area (Å²) in [6.07, 6.45) is 10.6. The van der Waals surface area contributed by atoms with Crippen LogP contribution in [0.4, 0.5) is 0 Å². The van der Waals surface area contributed by atoms with Crippen LogP contribution in [0.5, 0.6) is 0 Å². The molecule has 0 unspecified atom stereocenters. The molecule has 5 rings (SSSR count). The molecule has 3 amide bonds. The Morgan fingerprint density at radius 1 is 1.10 bits per heavy atom. The van der Waals surface area contributed by atoms with E-state index < -0.39 is 35.1 Å². The third kappa shape index (κ3) is 3.08. The van der Waals surface area contributed by atoms with Gasteiger partial charge < -0.3 is 20.3 Å². The van der Waals surface area contributed by atoms with Crippen molar-refractivity contribution in [2.45, 2.75) is 101 Å². The Balaban J connectivity index is 1.44. The highest BCUT2D eigenvalue weighted by atomic mass is 16.5. The summed E-state index contributed by atoms with van der Waals surface area (Å²) in [6, 6.07) is -0.455. The number of rotatable bonds is 4. The summed E-state index contributed by atoms with van der Waals surface area (Å²) in [6.45, 7) is 5.80. The number of nitrogens with one attached hydrogen (secondary N) is 2. The van der Waals surface area contributed by atoms with Gasteiger partial charge in [0.25, 0.3) is 0 Å². The summed E-state index contributed by atoms with van der Waals surface area (Å²) >= 11 is 0. The van der Waals surface area contributed by atoms with Crippen LogP contribution in [0.1, 0.15) is 65.7 Å². The standard InChI is InChI=1S/C23H33N3O4/c1-22(2,3)25-20(28)18-23-12-11-15(30-23)16(17(23)21(29)26(18)14-9-10-14)19(27)24-13-7-5-4-6-8-13/h11-18H,4-10H2,1-3H3,(H,24,27)(H,25,28)/t15-,16+,17-,18-,23-/m1/s1. The zero-order valence-electron chi connectivity index (χ0n) is 18.1. The molecule has 164 valence electrons. The molecule has 5 atom stereocenters. The van der Waals surface area contributed by atoms with Crippen LogP contribution in [0.2, 0.25) is 0 Å². The second kappa shape index (κ2) is 6.81. The number of likely N-dealkylation sites (tertiary alicyclic amines) is 1. The predicted octanol–water partition coefficient (Wildman–Crippen LogP) is 1.66. The first kappa shape index (κ1) is 20.0. The SMILES string of the molecule is CC(C)(C)NC(=O)[C@H]1N(C2CC2)C(=O)[C@H]2[C@@H](C(=O)NC3CCCCC3)[C@H]3C=C[C@@]21O3. The van der Waals surface area contributed by atoms with E-state index in [0.29, 0.717) is 0 Å². The van der Waals surface area contributed by atoms with E-state index in [1.807, 2.05) is 32.9 Å². The number of hydrogen-bond acceptors (Lipinski definition) is 4. The van der Waals surface area contributed by atoms with Crippen molar-refractivity contribution in [2.24, 2.45) is 11.8 Å². The van der Waals surface area contributed by atoms with E-state index in [4.69, 9.17) is 4.74 Å². The van der Waals surface area contributed by atoms with Gasteiger partial charge in [0, 0.05) is 17.6 Å². The van der Waals surface area contributed by atoms with Gasteiger partial charge >= 0.3 is 0 Å². The van der Waals surface area contributed by atoms with Gasteiger partial charge in [-0.1, -0.05) is 31.4 Å². The van der Waals surface area contributed by atoms with Crippen molar-refractivity contribution in [1.82, 2.24) is 15.5 Å². The molecule has 0 aromatic heterocycles. The smallest absolute Gasteiger partial charge is 0.246 e. The normalized spacial score (nSPS) is 38.1. The molecule has 4 fully saturated rings. The minimum atomic E-state index is -1.03. The molecule has 0 aromatic carbocycles. The molecule has 2 aliphatic carbocycles. The average molecular weight is 416 g/mol. The molecule has 7 nitrogen and oxygen atoms in total. The fraction of sp³-hybridized carbons (Fsp3) is 0.783. The van der Waals surface area contributed by atoms with E-state index in [1.54, 1.807) is 4.90 Å². The molecule has 30 heavy (non-hydrogen) atoms. The van der Waals surface area contributed by atoms with Gasteiger partial charge in [0.15, 0.2) is 0 Å². The molecule has 7 heteroatoms. The first-order valence-corrected chi connectivity index (χ1v) is 11.5. The predicted molar refractivity (Wildman–Crippen MR) is 110 cm³/mol. The maximum atomic E-state index is 13.6. The highest BCUT2D eigenvalue weighted by Gasteiger charge is 2.74. The second-order valence-electron chi connectivity index (χ2n) is 10.8. The van der Waals surface area contributed by atoms with Crippen molar-refractivity contribution >= 4 is 17.7 Å². The van der Waals surface area contributed by atoms with E-state index in [2.05, 4.69) is 10.6 Å². The first-order valence-electron chi connectivity index (χ1n) is 11.5. The molecule has 2 saturated heterocycles. The van der Waals surface area contributed by atoms with Gasteiger partial charge in [0.1, 0.15) is 11.6 Å². The lowest BCUT2D eigenvalue weighted by Crippen LogP contribution is -2.58. The summed E-state index contributed by atoms with van der Waals surface area (Å²) in [5.74, 6) is -1.55. The van der Waals surface area contributed by atoms with Crippen LogP contribution < -0.4 is 10.6 Å².